The molecule has 0 rings (SSSR count). The van der Waals surface area contributed by atoms with Crippen molar-refractivity contribution in [1.82, 2.24) is 0 Å². The summed E-state index contributed by atoms with van der Waals surface area (Å²) < 4.78 is 17.3. The largest absolute Gasteiger partial charge is 0.462 e. The zero-order valence-electron chi connectivity index (χ0n) is 35.6. The first kappa shape index (κ1) is 50.9. The van der Waals surface area contributed by atoms with Crippen LogP contribution in [0.1, 0.15) is 265 Å². The zero-order valence-corrected chi connectivity index (χ0v) is 35.6. The number of carbonyl (C=O) groups excluding carboxylic acids is 2. The van der Waals surface area contributed by atoms with E-state index >= 15 is 0 Å². The Morgan fingerprint density at radius 2 is 0.635 bits per heavy atom. The number of carbonyl (C=O) groups is 2. The molecule has 0 aromatic heterocycles. The maximum Gasteiger partial charge on any atom is 0.306 e. The van der Waals surface area contributed by atoms with Gasteiger partial charge >= 0.3 is 11.9 Å². The van der Waals surface area contributed by atoms with Gasteiger partial charge in [0.1, 0.15) is 6.61 Å². The van der Waals surface area contributed by atoms with Crippen molar-refractivity contribution in [2.45, 2.75) is 271 Å². The van der Waals surface area contributed by atoms with E-state index in [1.54, 1.807) is 0 Å². The average Bonchev–Trinajstić information content (AvgIpc) is 3.14. The molecule has 0 aliphatic carbocycles. The van der Waals surface area contributed by atoms with Crippen LogP contribution in [0.3, 0.4) is 0 Å². The van der Waals surface area contributed by atoms with Crippen LogP contribution in [-0.2, 0) is 23.8 Å². The van der Waals surface area contributed by atoms with E-state index in [1.165, 1.54) is 199 Å². The van der Waals surface area contributed by atoms with Gasteiger partial charge in [0.05, 0.1) is 6.61 Å². The summed E-state index contributed by atoms with van der Waals surface area (Å²) in [6, 6.07) is 0. The quantitative estimate of drug-likeness (QED) is 0.0460. The number of rotatable bonds is 44. The molecule has 0 aliphatic rings. The topological polar surface area (TPSA) is 61.8 Å². The van der Waals surface area contributed by atoms with Crippen molar-refractivity contribution in [3.05, 3.63) is 0 Å². The fourth-order valence-electron chi connectivity index (χ4n) is 7.10. The van der Waals surface area contributed by atoms with Gasteiger partial charge in [-0.25, -0.2) is 0 Å². The van der Waals surface area contributed by atoms with Gasteiger partial charge < -0.3 is 14.2 Å². The van der Waals surface area contributed by atoms with E-state index < -0.39 is 6.10 Å². The Hall–Kier alpha value is -1.10. The molecule has 0 aromatic carbocycles. The minimum atomic E-state index is -0.520. The van der Waals surface area contributed by atoms with Crippen LogP contribution in [0, 0.1) is 0 Å². The maximum atomic E-state index is 12.7. The van der Waals surface area contributed by atoms with Crippen molar-refractivity contribution in [2.75, 3.05) is 19.8 Å². The lowest BCUT2D eigenvalue weighted by Crippen LogP contribution is -2.30. The molecule has 0 saturated heterocycles. The molecule has 0 fully saturated rings. The van der Waals surface area contributed by atoms with Crippen LogP contribution in [0.15, 0.2) is 0 Å². The Morgan fingerprint density at radius 3 is 0.981 bits per heavy atom. The summed E-state index contributed by atoms with van der Waals surface area (Å²) >= 11 is 0. The van der Waals surface area contributed by atoms with Crippen LogP contribution in [0.5, 0.6) is 0 Å². The predicted molar refractivity (Wildman–Crippen MR) is 224 cm³/mol. The summed E-state index contributed by atoms with van der Waals surface area (Å²) in [7, 11) is 0. The zero-order chi connectivity index (χ0) is 37.8. The molecule has 0 N–H and O–H groups in total. The molecule has 0 saturated carbocycles. The Labute approximate surface area is 325 Å². The molecule has 310 valence electrons. The molecule has 0 aromatic rings. The highest BCUT2D eigenvalue weighted by Gasteiger charge is 2.17. The van der Waals surface area contributed by atoms with Crippen molar-refractivity contribution in [3.8, 4) is 0 Å². The molecular formula is C47H92O5. The van der Waals surface area contributed by atoms with E-state index in [0.717, 1.165) is 32.1 Å². The Balaban J connectivity index is 4.17. The molecule has 0 radical (unpaired) electrons. The molecule has 1 atom stereocenters. The minimum Gasteiger partial charge on any atom is -0.462 e. The first-order valence-electron chi connectivity index (χ1n) is 23.6. The van der Waals surface area contributed by atoms with E-state index in [2.05, 4.69) is 20.8 Å². The fraction of sp³-hybridized carbons (Fsp3) is 0.957. The number of hydrogen-bond donors (Lipinski definition) is 0. The lowest BCUT2D eigenvalue weighted by molar-refractivity contribution is -0.163. The number of hydrogen-bond acceptors (Lipinski definition) is 5. The van der Waals surface area contributed by atoms with Gasteiger partial charge in [0, 0.05) is 19.4 Å². The first-order valence-corrected chi connectivity index (χ1v) is 23.6. The van der Waals surface area contributed by atoms with Crippen LogP contribution in [0.25, 0.3) is 0 Å². The number of esters is 2. The lowest BCUT2D eigenvalue weighted by Gasteiger charge is -2.18. The van der Waals surface area contributed by atoms with Crippen LogP contribution >= 0.6 is 0 Å². The minimum absolute atomic E-state index is 0.0969. The van der Waals surface area contributed by atoms with Crippen molar-refractivity contribution in [3.63, 3.8) is 0 Å². The van der Waals surface area contributed by atoms with E-state index in [-0.39, 0.29) is 18.5 Å². The lowest BCUT2D eigenvalue weighted by atomic mass is 10.0. The SMILES string of the molecule is CCCCCCCCCCCCCCCC(=O)OC[C@H](COCCCCCCCCCCCC)OC(=O)CCCCCCCCCCCCCCC. The summed E-state index contributed by atoms with van der Waals surface area (Å²) in [6.07, 6.45) is 46.6. The van der Waals surface area contributed by atoms with Crippen molar-refractivity contribution >= 4 is 11.9 Å². The third kappa shape index (κ3) is 41.7. The van der Waals surface area contributed by atoms with E-state index in [4.69, 9.17) is 14.2 Å². The van der Waals surface area contributed by atoms with Crippen molar-refractivity contribution in [1.29, 1.82) is 0 Å². The second kappa shape index (κ2) is 44.3. The molecule has 0 amide bonds. The van der Waals surface area contributed by atoms with Gasteiger partial charge in [-0.2, -0.15) is 0 Å². The second-order valence-corrected chi connectivity index (χ2v) is 16.0. The molecule has 52 heavy (non-hydrogen) atoms. The highest BCUT2D eigenvalue weighted by atomic mass is 16.6. The Bertz CT molecular complexity index is 710. The number of ether oxygens (including phenoxy) is 3. The smallest absolute Gasteiger partial charge is 0.306 e. The summed E-state index contributed by atoms with van der Waals surface area (Å²) in [5.74, 6) is -0.376. The van der Waals surface area contributed by atoms with Crippen molar-refractivity contribution < 1.29 is 23.8 Å². The molecular weight excluding hydrogens is 645 g/mol. The molecule has 0 spiro atoms. The molecule has 0 bridgehead atoms. The highest BCUT2D eigenvalue weighted by Crippen LogP contribution is 2.16. The molecule has 0 aliphatic heterocycles. The monoisotopic (exact) mass is 737 g/mol. The molecule has 5 heteroatoms. The van der Waals surface area contributed by atoms with Gasteiger partial charge in [0.25, 0.3) is 0 Å². The van der Waals surface area contributed by atoms with E-state index in [1.807, 2.05) is 0 Å². The summed E-state index contributed by atoms with van der Waals surface area (Å²) in [4.78, 5) is 25.2. The van der Waals surface area contributed by atoms with Crippen LogP contribution in [0.2, 0.25) is 0 Å². The van der Waals surface area contributed by atoms with Gasteiger partial charge in [-0.1, -0.05) is 233 Å². The Morgan fingerprint density at radius 1 is 0.346 bits per heavy atom. The standard InChI is InChI=1S/C47H92O5/c1-4-7-10-13-16-19-22-24-26-28-31-34-37-40-46(48)51-44-45(43-50-42-39-36-33-30-21-18-15-12-9-6-3)52-47(49)41-38-35-32-29-27-25-23-20-17-14-11-8-5-2/h45H,4-44H2,1-3H3/t45-/m0/s1. The highest BCUT2D eigenvalue weighted by molar-refractivity contribution is 5.70. The van der Waals surface area contributed by atoms with Gasteiger partial charge in [0.2, 0.25) is 0 Å². The number of unbranched alkanes of at least 4 members (excludes halogenated alkanes) is 33. The Kier molecular flexibility index (Phi) is 43.4. The second-order valence-electron chi connectivity index (χ2n) is 16.0. The van der Waals surface area contributed by atoms with Crippen LogP contribution < -0.4 is 0 Å². The maximum absolute atomic E-state index is 12.7. The first-order chi connectivity index (χ1) is 25.6. The molecule has 5 nitrogen and oxygen atoms in total. The van der Waals surface area contributed by atoms with E-state index in [9.17, 15) is 9.59 Å². The molecule has 0 unspecified atom stereocenters. The predicted octanol–water partition coefficient (Wildman–Crippen LogP) is 15.3. The summed E-state index contributed by atoms with van der Waals surface area (Å²) in [5.41, 5.74) is 0. The van der Waals surface area contributed by atoms with Crippen molar-refractivity contribution in [2.24, 2.45) is 0 Å². The van der Waals surface area contributed by atoms with E-state index in [0.29, 0.717) is 26.1 Å². The average molecular weight is 737 g/mol. The summed E-state index contributed by atoms with van der Waals surface area (Å²) in [6.45, 7) is 7.87. The van der Waals surface area contributed by atoms with Gasteiger partial charge in [0.15, 0.2) is 6.10 Å². The molecule has 0 heterocycles. The third-order valence-corrected chi connectivity index (χ3v) is 10.6. The van der Waals surface area contributed by atoms with Crippen LogP contribution in [-0.4, -0.2) is 37.9 Å². The normalized spacial score (nSPS) is 12.0. The fourth-order valence-corrected chi connectivity index (χ4v) is 7.10. The van der Waals surface area contributed by atoms with Gasteiger partial charge in [-0.3, -0.25) is 9.59 Å². The van der Waals surface area contributed by atoms with Gasteiger partial charge in [-0.05, 0) is 19.3 Å². The third-order valence-electron chi connectivity index (χ3n) is 10.6. The summed E-state index contributed by atoms with van der Waals surface area (Å²) in [5, 5.41) is 0. The van der Waals surface area contributed by atoms with Gasteiger partial charge in [-0.15, -0.1) is 0 Å². The van der Waals surface area contributed by atoms with Crippen LogP contribution in [0.4, 0.5) is 0 Å².